The number of nitrogens with zero attached hydrogens (tertiary/aromatic N) is 2. The number of sulfonamides is 1. The molecule has 1 aliphatic rings. The Morgan fingerprint density at radius 3 is 2.65 bits per heavy atom. The first-order chi connectivity index (χ1) is 10.9. The van der Waals surface area contributed by atoms with Gasteiger partial charge in [-0.25, -0.2) is 13.2 Å². The van der Waals surface area contributed by atoms with Crippen molar-refractivity contribution in [3.63, 3.8) is 0 Å². The number of esters is 1. The number of benzene rings is 1. The molecule has 0 amide bonds. The minimum absolute atomic E-state index is 0.0292. The van der Waals surface area contributed by atoms with Gasteiger partial charge in [0.25, 0.3) is 0 Å². The summed E-state index contributed by atoms with van der Waals surface area (Å²) in [5.41, 5.74) is 0.725. The van der Waals surface area contributed by atoms with Crippen molar-refractivity contribution < 1.29 is 22.7 Å². The predicted octanol–water partition coefficient (Wildman–Crippen LogP) is 1.08. The monoisotopic (exact) mass is 338 g/mol. The molecule has 2 rings (SSSR count). The highest BCUT2D eigenvalue weighted by Crippen LogP contribution is 2.21. The van der Waals surface area contributed by atoms with Gasteiger partial charge in [0.05, 0.1) is 23.7 Å². The average molecular weight is 338 g/mol. The third-order valence-corrected chi connectivity index (χ3v) is 5.40. The van der Waals surface area contributed by atoms with Crippen molar-refractivity contribution in [1.29, 1.82) is 5.26 Å². The van der Waals surface area contributed by atoms with E-state index in [4.69, 9.17) is 14.7 Å². The topological polar surface area (TPSA) is 96.7 Å². The van der Waals surface area contributed by atoms with Crippen molar-refractivity contribution in [2.45, 2.75) is 24.8 Å². The van der Waals surface area contributed by atoms with Gasteiger partial charge < -0.3 is 9.47 Å². The second kappa shape index (κ2) is 7.08. The highest BCUT2D eigenvalue weighted by molar-refractivity contribution is 7.89. The summed E-state index contributed by atoms with van der Waals surface area (Å²) in [4.78, 5) is 12.1. The van der Waals surface area contributed by atoms with Crippen molar-refractivity contribution in [3.05, 3.63) is 29.3 Å². The van der Waals surface area contributed by atoms with Crippen LogP contribution >= 0.6 is 0 Å². The quantitative estimate of drug-likeness (QED) is 0.762. The maximum Gasteiger partial charge on any atom is 0.339 e. The molecule has 1 aromatic rings. The van der Waals surface area contributed by atoms with E-state index in [1.807, 2.05) is 0 Å². The van der Waals surface area contributed by atoms with E-state index in [1.165, 1.54) is 23.4 Å². The Kier molecular flexibility index (Phi) is 5.36. The number of rotatable bonds is 4. The van der Waals surface area contributed by atoms with Crippen LogP contribution in [0, 0.1) is 18.3 Å². The lowest BCUT2D eigenvalue weighted by Gasteiger charge is -2.26. The molecule has 1 saturated heterocycles. The minimum atomic E-state index is -3.69. The Bertz CT molecular complexity index is 733. The van der Waals surface area contributed by atoms with Crippen LogP contribution < -0.4 is 0 Å². The molecule has 1 aromatic carbocycles. The Balaban J connectivity index is 2.33. The fourth-order valence-electron chi connectivity index (χ4n) is 2.17. The zero-order valence-electron chi connectivity index (χ0n) is 13.0. The number of nitriles is 1. The lowest BCUT2D eigenvalue weighted by molar-refractivity contribution is 0.0434. The molecule has 1 heterocycles. The van der Waals surface area contributed by atoms with Crippen LogP contribution in [0.4, 0.5) is 0 Å². The van der Waals surface area contributed by atoms with Crippen molar-refractivity contribution in [2.75, 3.05) is 26.3 Å². The van der Waals surface area contributed by atoms with Crippen LogP contribution in [-0.4, -0.2) is 51.1 Å². The van der Waals surface area contributed by atoms with Crippen LogP contribution in [0.3, 0.4) is 0 Å². The Morgan fingerprint density at radius 1 is 1.39 bits per heavy atom. The highest BCUT2D eigenvalue weighted by Gasteiger charge is 2.27. The SMILES string of the molecule is Cc1ccc(S(=O)(=O)N2CCOCC2)cc1C(=O)O[C@@H](C)C#N. The Hall–Kier alpha value is -1.95. The van der Waals surface area contributed by atoms with Crippen LogP contribution in [-0.2, 0) is 19.5 Å². The lowest BCUT2D eigenvalue weighted by Crippen LogP contribution is -2.40. The molecule has 8 heteroatoms. The summed E-state index contributed by atoms with van der Waals surface area (Å²) in [5.74, 6) is -0.712. The van der Waals surface area contributed by atoms with Crippen LogP contribution in [0.25, 0.3) is 0 Å². The molecule has 0 saturated carbocycles. The number of morpholine rings is 1. The van der Waals surface area contributed by atoms with Crippen LogP contribution in [0.5, 0.6) is 0 Å². The summed E-state index contributed by atoms with van der Waals surface area (Å²) in [6, 6.07) is 6.12. The molecule has 0 aromatic heterocycles. The summed E-state index contributed by atoms with van der Waals surface area (Å²) < 4.78 is 36.7. The third kappa shape index (κ3) is 3.88. The van der Waals surface area contributed by atoms with Gasteiger partial charge >= 0.3 is 5.97 Å². The molecule has 7 nitrogen and oxygen atoms in total. The maximum absolute atomic E-state index is 12.6. The van der Waals surface area contributed by atoms with Gasteiger partial charge in [-0.15, -0.1) is 0 Å². The fraction of sp³-hybridized carbons (Fsp3) is 0.467. The van der Waals surface area contributed by atoms with Crippen molar-refractivity contribution >= 4 is 16.0 Å². The Labute approximate surface area is 135 Å². The van der Waals surface area contributed by atoms with Crippen molar-refractivity contribution in [1.82, 2.24) is 4.31 Å². The van der Waals surface area contributed by atoms with Gasteiger partial charge in [-0.3, -0.25) is 0 Å². The molecule has 0 aliphatic carbocycles. The minimum Gasteiger partial charge on any atom is -0.444 e. The number of carbonyl (C=O) groups excluding carboxylic acids is 1. The Morgan fingerprint density at radius 2 is 2.04 bits per heavy atom. The highest BCUT2D eigenvalue weighted by atomic mass is 32.2. The first-order valence-electron chi connectivity index (χ1n) is 7.15. The standard InChI is InChI=1S/C15H18N2O5S/c1-11-3-4-13(9-14(11)15(18)22-12(2)10-16)23(19,20)17-5-7-21-8-6-17/h3-4,9,12H,5-8H2,1-2H3/t12-/m0/s1. The predicted molar refractivity (Wildman–Crippen MR) is 81.2 cm³/mol. The fourth-order valence-corrected chi connectivity index (χ4v) is 3.60. The van der Waals surface area contributed by atoms with Crippen LogP contribution in [0.2, 0.25) is 0 Å². The first kappa shape index (κ1) is 17.4. The largest absolute Gasteiger partial charge is 0.444 e. The first-order valence-corrected chi connectivity index (χ1v) is 8.59. The maximum atomic E-state index is 12.6. The van der Waals surface area contributed by atoms with Crippen LogP contribution in [0.15, 0.2) is 23.1 Å². The van der Waals surface area contributed by atoms with Gasteiger partial charge in [0.1, 0.15) is 6.07 Å². The number of ether oxygens (including phenoxy) is 2. The van der Waals surface area contributed by atoms with E-state index in [1.54, 1.807) is 19.1 Å². The molecular formula is C15H18N2O5S. The third-order valence-electron chi connectivity index (χ3n) is 3.50. The van der Waals surface area contributed by atoms with Crippen molar-refractivity contribution in [3.8, 4) is 6.07 Å². The average Bonchev–Trinajstić information content (AvgIpc) is 2.55. The van der Waals surface area contributed by atoms with E-state index in [9.17, 15) is 13.2 Å². The van der Waals surface area contributed by atoms with Gasteiger partial charge in [-0.2, -0.15) is 9.57 Å². The summed E-state index contributed by atoms with van der Waals surface area (Å²) in [5, 5.41) is 8.71. The van der Waals surface area contributed by atoms with E-state index >= 15 is 0 Å². The molecule has 0 bridgehead atoms. The summed E-state index contributed by atoms with van der Waals surface area (Å²) in [6.07, 6.45) is -0.901. The second-order valence-corrected chi connectivity index (χ2v) is 7.11. The normalized spacial score (nSPS) is 17.3. The molecule has 124 valence electrons. The molecule has 0 spiro atoms. The molecule has 0 unspecified atom stereocenters. The van der Waals surface area contributed by atoms with Crippen LogP contribution in [0.1, 0.15) is 22.8 Å². The van der Waals surface area contributed by atoms with Gasteiger partial charge in [0.2, 0.25) is 10.0 Å². The van der Waals surface area contributed by atoms with E-state index in [0.29, 0.717) is 18.8 Å². The zero-order chi connectivity index (χ0) is 17.0. The van der Waals surface area contributed by atoms with E-state index in [0.717, 1.165) is 0 Å². The van der Waals surface area contributed by atoms with Gasteiger partial charge in [0.15, 0.2) is 6.10 Å². The molecule has 1 fully saturated rings. The molecule has 1 atom stereocenters. The number of carbonyl (C=O) groups is 1. The number of hydrogen-bond donors (Lipinski definition) is 0. The molecule has 0 radical (unpaired) electrons. The molecule has 0 N–H and O–H groups in total. The van der Waals surface area contributed by atoms with Gasteiger partial charge in [-0.05, 0) is 31.5 Å². The van der Waals surface area contributed by atoms with Gasteiger partial charge in [0, 0.05) is 13.1 Å². The second-order valence-electron chi connectivity index (χ2n) is 5.17. The molecule has 23 heavy (non-hydrogen) atoms. The summed E-state index contributed by atoms with van der Waals surface area (Å²) in [6.45, 7) is 4.38. The number of hydrogen-bond acceptors (Lipinski definition) is 6. The smallest absolute Gasteiger partial charge is 0.339 e. The molecular weight excluding hydrogens is 320 g/mol. The zero-order valence-corrected chi connectivity index (χ0v) is 13.8. The van der Waals surface area contributed by atoms with E-state index in [2.05, 4.69) is 0 Å². The van der Waals surface area contributed by atoms with Crippen molar-refractivity contribution in [2.24, 2.45) is 0 Å². The molecule has 1 aliphatic heterocycles. The van der Waals surface area contributed by atoms with E-state index < -0.39 is 22.1 Å². The van der Waals surface area contributed by atoms with E-state index in [-0.39, 0.29) is 23.5 Å². The summed E-state index contributed by atoms with van der Waals surface area (Å²) >= 11 is 0. The summed E-state index contributed by atoms with van der Waals surface area (Å²) in [7, 11) is -3.69. The lowest BCUT2D eigenvalue weighted by atomic mass is 10.1. The van der Waals surface area contributed by atoms with Gasteiger partial charge in [-0.1, -0.05) is 6.07 Å². The number of aryl methyl sites for hydroxylation is 1.